The molecule has 118 valence electrons. The van der Waals surface area contributed by atoms with E-state index in [1.807, 2.05) is 0 Å². The minimum Gasteiger partial charge on any atom is -0.353 e. The van der Waals surface area contributed by atoms with Gasteiger partial charge in [0.2, 0.25) is 5.91 Å². The second-order valence-electron chi connectivity index (χ2n) is 6.57. The SMILES string of the molecule is CCC(N)(CC)CNC(=O)C(C(C)C)N1CCCCC1. The molecule has 0 spiro atoms. The van der Waals surface area contributed by atoms with Crippen LogP contribution in [0.15, 0.2) is 0 Å². The highest BCUT2D eigenvalue weighted by molar-refractivity contribution is 5.82. The number of nitrogens with zero attached hydrogens (tertiary/aromatic N) is 1. The van der Waals surface area contributed by atoms with Gasteiger partial charge in [-0.1, -0.05) is 34.1 Å². The maximum atomic E-state index is 12.6. The minimum absolute atomic E-state index is 0.00624. The summed E-state index contributed by atoms with van der Waals surface area (Å²) in [4.78, 5) is 14.9. The van der Waals surface area contributed by atoms with E-state index >= 15 is 0 Å². The van der Waals surface area contributed by atoms with E-state index in [1.165, 1.54) is 19.3 Å². The molecule has 1 fully saturated rings. The highest BCUT2D eigenvalue weighted by Gasteiger charge is 2.31. The molecule has 0 bridgehead atoms. The minimum atomic E-state index is -0.265. The summed E-state index contributed by atoms with van der Waals surface area (Å²) in [6, 6.07) is -0.00624. The van der Waals surface area contributed by atoms with Gasteiger partial charge in [-0.2, -0.15) is 0 Å². The van der Waals surface area contributed by atoms with Crippen molar-refractivity contribution in [3.63, 3.8) is 0 Å². The lowest BCUT2D eigenvalue weighted by atomic mass is 9.93. The van der Waals surface area contributed by atoms with Crippen LogP contribution in [0, 0.1) is 5.92 Å². The Bertz CT molecular complexity index is 294. The zero-order valence-electron chi connectivity index (χ0n) is 13.7. The van der Waals surface area contributed by atoms with E-state index < -0.39 is 0 Å². The van der Waals surface area contributed by atoms with Gasteiger partial charge in [-0.3, -0.25) is 9.69 Å². The Morgan fingerprint density at radius 3 is 2.20 bits per heavy atom. The third-order valence-corrected chi connectivity index (χ3v) is 4.71. The number of carbonyl (C=O) groups excluding carboxylic acids is 1. The van der Waals surface area contributed by atoms with E-state index in [0.29, 0.717) is 12.5 Å². The van der Waals surface area contributed by atoms with Gasteiger partial charge in [0, 0.05) is 12.1 Å². The average molecular weight is 283 g/mol. The summed E-state index contributed by atoms with van der Waals surface area (Å²) in [5.74, 6) is 0.488. The zero-order chi connectivity index (χ0) is 15.2. The molecule has 20 heavy (non-hydrogen) atoms. The second-order valence-corrected chi connectivity index (χ2v) is 6.57. The zero-order valence-corrected chi connectivity index (χ0v) is 13.7. The average Bonchev–Trinajstić information content (AvgIpc) is 2.46. The number of piperidine rings is 1. The smallest absolute Gasteiger partial charge is 0.237 e. The van der Waals surface area contributed by atoms with Gasteiger partial charge in [-0.25, -0.2) is 0 Å². The normalized spacial score (nSPS) is 19.1. The lowest BCUT2D eigenvalue weighted by Crippen LogP contribution is -2.56. The molecular weight excluding hydrogens is 250 g/mol. The number of hydrogen-bond acceptors (Lipinski definition) is 3. The van der Waals surface area contributed by atoms with Gasteiger partial charge in [-0.05, 0) is 44.7 Å². The van der Waals surface area contributed by atoms with Crippen molar-refractivity contribution in [1.29, 1.82) is 0 Å². The van der Waals surface area contributed by atoms with Gasteiger partial charge in [0.15, 0.2) is 0 Å². The lowest BCUT2D eigenvalue weighted by molar-refractivity contribution is -0.128. The molecule has 4 nitrogen and oxygen atoms in total. The van der Waals surface area contributed by atoms with Crippen molar-refractivity contribution in [1.82, 2.24) is 10.2 Å². The topological polar surface area (TPSA) is 58.4 Å². The van der Waals surface area contributed by atoms with E-state index in [2.05, 4.69) is 37.9 Å². The molecule has 1 rings (SSSR count). The first-order chi connectivity index (χ1) is 9.43. The van der Waals surface area contributed by atoms with Crippen molar-refractivity contribution in [3.05, 3.63) is 0 Å². The first kappa shape index (κ1) is 17.4. The summed E-state index contributed by atoms with van der Waals surface area (Å²) >= 11 is 0. The maximum Gasteiger partial charge on any atom is 0.237 e. The number of amides is 1. The number of hydrogen-bond donors (Lipinski definition) is 2. The summed E-state index contributed by atoms with van der Waals surface area (Å²) in [6.07, 6.45) is 5.49. The molecule has 0 aromatic heterocycles. The van der Waals surface area contributed by atoms with Crippen LogP contribution in [0.5, 0.6) is 0 Å². The number of carbonyl (C=O) groups is 1. The Kier molecular flexibility index (Phi) is 6.96. The fourth-order valence-electron chi connectivity index (χ4n) is 2.95. The van der Waals surface area contributed by atoms with Crippen LogP contribution in [-0.2, 0) is 4.79 Å². The first-order valence-electron chi connectivity index (χ1n) is 8.24. The quantitative estimate of drug-likeness (QED) is 0.752. The van der Waals surface area contributed by atoms with E-state index in [9.17, 15) is 4.79 Å². The Morgan fingerprint density at radius 1 is 1.20 bits per heavy atom. The largest absolute Gasteiger partial charge is 0.353 e. The highest BCUT2D eigenvalue weighted by Crippen LogP contribution is 2.18. The van der Waals surface area contributed by atoms with Crippen LogP contribution in [0.1, 0.15) is 59.8 Å². The molecule has 0 saturated carbocycles. The molecule has 0 aromatic carbocycles. The van der Waals surface area contributed by atoms with Gasteiger partial charge in [0.1, 0.15) is 0 Å². The molecule has 1 atom stereocenters. The monoisotopic (exact) mass is 283 g/mol. The summed E-state index contributed by atoms with van der Waals surface area (Å²) in [5.41, 5.74) is 6.01. The molecule has 3 N–H and O–H groups in total. The molecule has 4 heteroatoms. The van der Waals surface area contributed by atoms with Crippen molar-refractivity contribution in [2.45, 2.75) is 71.4 Å². The van der Waals surface area contributed by atoms with Crippen molar-refractivity contribution in [2.75, 3.05) is 19.6 Å². The highest BCUT2D eigenvalue weighted by atomic mass is 16.2. The lowest BCUT2D eigenvalue weighted by Gasteiger charge is -2.37. The summed E-state index contributed by atoms with van der Waals surface area (Å²) in [6.45, 7) is 11.1. The first-order valence-corrected chi connectivity index (χ1v) is 8.24. The fourth-order valence-corrected chi connectivity index (χ4v) is 2.95. The van der Waals surface area contributed by atoms with E-state index in [4.69, 9.17) is 5.73 Å². The van der Waals surface area contributed by atoms with Crippen LogP contribution in [0.25, 0.3) is 0 Å². The van der Waals surface area contributed by atoms with Crippen molar-refractivity contribution in [3.8, 4) is 0 Å². The number of nitrogens with two attached hydrogens (primary N) is 1. The van der Waals surface area contributed by atoms with Gasteiger partial charge in [-0.15, -0.1) is 0 Å². The van der Waals surface area contributed by atoms with Crippen molar-refractivity contribution < 1.29 is 4.79 Å². The molecule has 1 saturated heterocycles. The molecule has 0 aliphatic carbocycles. The molecule has 0 radical (unpaired) electrons. The summed E-state index contributed by atoms with van der Waals surface area (Å²) in [5, 5.41) is 3.10. The third-order valence-electron chi connectivity index (χ3n) is 4.71. The number of nitrogens with one attached hydrogen (secondary N) is 1. The van der Waals surface area contributed by atoms with Crippen molar-refractivity contribution in [2.24, 2.45) is 11.7 Å². The van der Waals surface area contributed by atoms with Crippen LogP contribution >= 0.6 is 0 Å². The Balaban J connectivity index is 2.60. The predicted octanol–water partition coefficient (Wildman–Crippen LogP) is 2.13. The molecule has 1 aliphatic rings. The van der Waals surface area contributed by atoms with Crippen LogP contribution in [0.2, 0.25) is 0 Å². The van der Waals surface area contributed by atoms with Crippen LogP contribution < -0.4 is 11.1 Å². The molecule has 1 heterocycles. The van der Waals surface area contributed by atoms with E-state index in [-0.39, 0.29) is 17.5 Å². The molecule has 1 amide bonds. The molecule has 0 aromatic rings. The van der Waals surface area contributed by atoms with Gasteiger partial charge < -0.3 is 11.1 Å². The number of rotatable bonds is 7. The Labute approximate surface area is 124 Å². The van der Waals surface area contributed by atoms with E-state index in [0.717, 1.165) is 25.9 Å². The van der Waals surface area contributed by atoms with Gasteiger partial charge >= 0.3 is 0 Å². The van der Waals surface area contributed by atoms with Crippen LogP contribution in [0.4, 0.5) is 0 Å². The fraction of sp³-hybridized carbons (Fsp3) is 0.938. The summed E-state index contributed by atoms with van der Waals surface area (Å²) in [7, 11) is 0. The molecule has 1 unspecified atom stereocenters. The molecule has 1 aliphatic heterocycles. The number of likely N-dealkylation sites (tertiary alicyclic amines) is 1. The molecular formula is C16H33N3O. The van der Waals surface area contributed by atoms with E-state index in [1.54, 1.807) is 0 Å². The standard InChI is InChI=1S/C16H33N3O/c1-5-16(17,6-2)12-18-15(20)14(13(3)4)19-10-8-7-9-11-19/h13-14H,5-12,17H2,1-4H3,(H,18,20). The second kappa shape index (κ2) is 7.99. The van der Waals surface area contributed by atoms with Crippen LogP contribution in [0.3, 0.4) is 0 Å². The summed E-state index contributed by atoms with van der Waals surface area (Å²) < 4.78 is 0. The predicted molar refractivity (Wildman–Crippen MR) is 84.6 cm³/mol. The third kappa shape index (κ3) is 4.74. The van der Waals surface area contributed by atoms with Crippen LogP contribution in [-0.4, -0.2) is 42.0 Å². The van der Waals surface area contributed by atoms with Gasteiger partial charge in [0.25, 0.3) is 0 Å². The van der Waals surface area contributed by atoms with Crippen molar-refractivity contribution >= 4 is 5.91 Å². The maximum absolute atomic E-state index is 12.6. The van der Waals surface area contributed by atoms with Gasteiger partial charge in [0.05, 0.1) is 6.04 Å². The Morgan fingerprint density at radius 2 is 1.75 bits per heavy atom. The Hall–Kier alpha value is -0.610.